The normalized spacial score (nSPS) is 22.9. The number of benzene rings is 2. The Morgan fingerprint density at radius 2 is 0.964 bits per heavy atom. The molecule has 0 amide bonds. The number of fused-ring (bicyclic) bond motifs is 2. The van der Waals surface area contributed by atoms with Crippen LogP contribution in [-0.2, 0) is 25.9 Å². The summed E-state index contributed by atoms with van der Waals surface area (Å²) in [6.45, 7) is 9.52. The first kappa shape index (κ1) is 18.3. The molecule has 2 fully saturated rings. The Kier molecular flexibility index (Phi) is 5.45. The maximum Gasteiger partial charge on any atom is 0.0349 e. The third-order valence-corrected chi connectivity index (χ3v) is 6.87. The van der Waals surface area contributed by atoms with Crippen LogP contribution in [0, 0.1) is 0 Å². The molecule has 4 nitrogen and oxygen atoms in total. The first-order valence-electron chi connectivity index (χ1n) is 10.9. The standard InChI is InChI=1S/2C12H16N2/c2*1-2-4-11-9-14(12-7-13-8-12)6-5-10(11)3-1/h2*1-4,12-13H,5-9H2. The van der Waals surface area contributed by atoms with E-state index in [1.165, 1.54) is 63.2 Å². The Morgan fingerprint density at radius 3 is 1.32 bits per heavy atom. The zero-order chi connectivity index (χ0) is 18.8. The Hall–Kier alpha value is -1.72. The molecule has 0 spiro atoms. The molecule has 4 heterocycles. The van der Waals surface area contributed by atoms with Crippen molar-refractivity contribution in [2.45, 2.75) is 38.0 Å². The number of nitrogens with one attached hydrogen (secondary N) is 2. The second-order valence-electron chi connectivity index (χ2n) is 8.60. The highest BCUT2D eigenvalue weighted by Gasteiger charge is 2.28. The third-order valence-electron chi connectivity index (χ3n) is 6.87. The Balaban J connectivity index is 0.000000122. The molecule has 0 atom stereocenters. The summed E-state index contributed by atoms with van der Waals surface area (Å²) in [7, 11) is 0. The average molecular weight is 377 g/mol. The number of nitrogens with zero attached hydrogens (tertiary/aromatic N) is 2. The van der Waals surface area contributed by atoms with Crippen LogP contribution < -0.4 is 10.6 Å². The first-order valence-corrected chi connectivity index (χ1v) is 10.9. The zero-order valence-electron chi connectivity index (χ0n) is 16.7. The lowest BCUT2D eigenvalue weighted by Gasteiger charge is -2.40. The maximum atomic E-state index is 3.34. The largest absolute Gasteiger partial charge is 0.314 e. The van der Waals surface area contributed by atoms with Gasteiger partial charge in [0.25, 0.3) is 0 Å². The van der Waals surface area contributed by atoms with Gasteiger partial charge in [0.05, 0.1) is 0 Å². The van der Waals surface area contributed by atoms with Crippen molar-refractivity contribution >= 4 is 0 Å². The molecule has 2 saturated heterocycles. The van der Waals surface area contributed by atoms with E-state index in [0.29, 0.717) is 0 Å². The summed E-state index contributed by atoms with van der Waals surface area (Å²) in [6, 6.07) is 19.3. The fourth-order valence-electron chi connectivity index (χ4n) is 4.72. The molecule has 28 heavy (non-hydrogen) atoms. The van der Waals surface area contributed by atoms with E-state index in [9.17, 15) is 0 Å². The summed E-state index contributed by atoms with van der Waals surface area (Å²) >= 11 is 0. The first-order chi connectivity index (χ1) is 13.9. The minimum atomic E-state index is 0.795. The topological polar surface area (TPSA) is 30.5 Å². The van der Waals surface area contributed by atoms with E-state index in [-0.39, 0.29) is 0 Å². The molecule has 2 N–H and O–H groups in total. The summed E-state index contributed by atoms with van der Waals surface area (Å²) in [4.78, 5) is 5.22. The van der Waals surface area contributed by atoms with Crippen LogP contribution in [0.25, 0.3) is 0 Å². The Morgan fingerprint density at radius 1 is 0.571 bits per heavy atom. The van der Waals surface area contributed by atoms with E-state index >= 15 is 0 Å². The summed E-state index contributed by atoms with van der Waals surface area (Å²) < 4.78 is 0. The van der Waals surface area contributed by atoms with Crippen LogP contribution in [-0.4, -0.2) is 61.2 Å². The van der Waals surface area contributed by atoms with Crippen molar-refractivity contribution in [1.29, 1.82) is 0 Å². The van der Waals surface area contributed by atoms with Crippen LogP contribution in [0.4, 0.5) is 0 Å². The van der Waals surface area contributed by atoms with E-state index in [4.69, 9.17) is 0 Å². The SMILES string of the molecule is c1ccc2c(c1)CCN(C1CNC1)C2.c1ccc2c(c1)CCN(C1CNC1)C2. The summed E-state index contributed by atoms with van der Waals surface area (Å²) in [5.41, 5.74) is 6.17. The van der Waals surface area contributed by atoms with Gasteiger partial charge in [0, 0.05) is 64.4 Å². The highest BCUT2D eigenvalue weighted by molar-refractivity contribution is 5.30. The zero-order valence-corrected chi connectivity index (χ0v) is 16.7. The molecule has 0 aromatic heterocycles. The van der Waals surface area contributed by atoms with Gasteiger partial charge in [0.2, 0.25) is 0 Å². The second kappa shape index (κ2) is 8.34. The minimum Gasteiger partial charge on any atom is -0.314 e. The van der Waals surface area contributed by atoms with Crippen LogP contribution >= 0.6 is 0 Å². The van der Waals surface area contributed by atoms with Crippen molar-refractivity contribution in [3.8, 4) is 0 Å². The van der Waals surface area contributed by atoms with Gasteiger partial charge in [-0.25, -0.2) is 0 Å². The Bertz CT molecular complexity index is 729. The van der Waals surface area contributed by atoms with Gasteiger partial charge in [-0.2, -0.15) is 0 Å². The van der Waals surface area contributed by atoms with Crippen LogP contribution in [0.15, 0.2) is 48.5 Å². The Labute approximate surface area is 168 Å². The molecule has 2 aromatic carbocycles. The van der Waals surface area contributed by atoms with Gasteiger partial charge in [0.1, 0.15) is 0 Å². The molecule has 0 radical (unpaired) electrons. The van der Waals surface area contributed by atoms with E-state index in [1.54, 1.807) is 11.1 Å². The summed E-state index contributed by atoms with van der Waals surface area (Å²) in [6.07, 6.45) is 2.46. The van der Waals surface area contributed by atoms with Gasteiger partial charge in [-0.05, 0) is 35.1 Å². The molecule has 4 heteroatoms. The van der Waals surface area contributed by atoms with Crippen molar-refractivity contribution in [2.75, 3.05) is 39.3 Å². The predicted octanol–water partition coefficient (Wildman–Crippen LogP) is 2.03. The molecule has 0 aliphatic carbocycles. The molecule has 148 valence electrons. The molecule has 6 rings (SSSR count). The van der Waals surface area contributed by atoms with Gasteiger partial charge in [0.15, 0.2) is 0 Å². The van der Waals surface area contributed by atoms with E-state index < -0.39 is 0 Å². The average Bonchev–Trinajstić information content (AvgIpc) is 2.66. The van der Waals surface area contributed by atoms with Crippen LogP contribution in [0.1, 0.15) is 22.3 Å². The molecule has 2 aromatic rings. The predicted molar refractivity (Wildman–Crippen MR) is 114 cm³/mol. The molecular weight excluding hydrogens is 344 g/mol. The van der Waals surface area contributed by atoms with E-state index in [0.717, 1.165) is 25.2 Å². The van der Waals surface area contributed by atoms with Gasteiger partial charge in [-0.1, -0.05) is 48.5 Å². The van der Waals surface area contributed by atoms with Crippen LogP contribution in [0.2, 0.25) is 0 Å². The fourth-order valence-corrected chi connectivity index (χ4v) is 4.72. The molecule has 0 saturated carbocycles. The lowest BCUT2D eigenvalue weighted by atomic mass is 9.97. The summed E-state index contributed by atoms with van der Waals surface area (Å²) in [5.74, 6) is 0. The second-order valence-corrected chi connectivity index (χ2v) is 8.60. The smallest absolute Gasteiger partial charge is 0.0349 e. The quantitative estimate of drug-likeness (QED) is 0.840. The summed E-state index contributed by atoms with van der Waals surface area (Å²) in [5, 5.41) is 6.68. The number of hydrogen-bond acceptors (Lipinski definition) is 4. The number of hydrogen-bond donors (Lipinski definition) is 2. The van der Waals surface area contributed by atoms with Crippen molar-refractivity contribution in [3.63, 3.8) is 0 Å². The third kappa shape index (κ3) is 3.87. The van der Waals surface area contributed by atoms with Gasteiger partial charge < -0.3 is 10.6 Å². The highest BCUT2D eigenvalue weighted by Crippen LogP contribution is 2.22. The molecule has 4 aliphatic heterocycles. The van der Waals surface area contributed by atoms with E-state index in [2.05, 4.69) is 69.0 Å². The van der Waals surface area contributed by atoms with Crippen molar-refractivity contribution in [1.82, 2.24) is 20.4 Å². The van der Waals surface area contributed by atoms with Crippen molar-refractivity contribution in [3.05, 3.63) is 70.8 Å². The highest BCUT2D eigenvalue weighted by atomic mass is 15.2. The van der Waals surface area contributed by atoms with Crippen molar-refractivity contribution in [2.24, 2.45) is 0 Å². The minimum absolute atomic E-state index is 0.795. The molecule has 0 unspecified atom stereocenters. The molecule has 4 aliphatic rings. The fraction of sp³-hybridized carbons (Fsp3) is 0.500. The number of rotatable bonds is 2. The lowest BCUT2D eigenvalue weighted by Crippen LogP contribution is -2.57. The van der Waals surface area contributed by atoms with E-state index in [1.807, 2.05) is 0 Å². The van der Waals surface area contributed by atoms with Gasteiger partial charge in [-0.15, -0.1) is 0 Å². The van der Waals surface area contributed by atoms with Crippen molar-refractivity contribution < 1.29 is 0 Å². The van der Waals surface area contributed by atoms with Crippen LogP contribution in [0.5, 0.6) is 0 Å². The van der Waals surface area contributed by atoms with Gasteiger partial charge >= 0.3 is 0 Å². The van der Waals surface area contributed by atoms with Gasteiger partial charge in [-0.3, -0.25) is 9.80 Å². The van der Waals surface area contributed by atoms with Crippen LogP contribution in [0.3, 0.4) is 0 Å². The lowest BCUT2D eigenvalue weighted by molar-refractivity contribution is 0.131. The monoisotopic (exact) mass is 376 g/mol. The molecule has 0 bridgehead atoms. The molecular formula is C24H32N4. The maximum absolute atomic E-state index is 3.34.